The standard InChI is InChI=1S/C26H26N4O2/c1-18(20-5-4-6-24(16-20)32-17-23-10-13-29(3)28-23)30-19(2)27-12-9-25(30)21-7-8-26-22(15-21)11-14-31-26/h4-16,18-19H,17H2,1-3H3. The first-order valence-corrected chi connectivity index (χ1v) is 10.8. The Morgan fingerprint density at radius 3 is 2.88 bits per heavy atom. The van der Waals surface area contributed by atoms with Crippen molar-refractivity contribution in [2.24, 2.45) is 12.0 Å². The Balaban J connectivity index is 1.40. The number of furan rings is 1. The second-order valence-corrected chi connectivity index (χ2v) is 8.08. The highest BCUT2D eigenvalue weighted by Crippen LogP contribution is 2.36. The van der Waals surface area contributed by atoms with E-state index in [4.69, 9.17) is 9.15 Å². The molecular weight excluding hydrogens is 400 g/mol. The molecule has 2 aromatic heterocycles. The van der Waals surface area contributed by atoms with Crippen molar-refractivity contribution in [2.45, 2.75) is 32.7 Å². The number of ether oxygens (including phenoxy) is 1. The van der Waals surface area contributed by atoms with Crippen LogP contribution in [0, 0.1) is 0 Å². The maximum absolute atomic E-state index is 6.01. The van der Waals surface area contributed by atoms with Crippen LogP contribution < -0.4 is 4.74 Å². The van der Waals surface area contributed by atoms with E-state index in [2.05, 4.69) is 59.2 Å². The summed E-state index contributed by atoms with van der Waals surface area (Å²) in [7, 11) is 1.91. The van der Waals surface area contributed by atoms with E-state index in [1.165, 1.54) is 5.56 Å². The lowest BCUT2D eigenvalue weighted by Crippen LogP contribution is -2.34. The summed E-state index contributed by atoms with van der Waals surface area (Å²) in [5.41, 5.74) is 5.26. The van der Waals surface area contributed by atoms with Crippen LogP contribution in [0.2, 0.25) is 0 Å². The number of hydrogen-bond donors (Lipinski definition) is 0. The summed E-state index contributed by atoms with van der Waals surface area (Å²) >= 11 is 0. The summed E-state index contributed by atoms with van der Waals surface area (Å²) in [4.78, 5) is 7.00. The highest BCUT2D eigenvalue weighted by molar-refractivity contribution is 5.89. The van der Waals surface area contributed by atoms with E-state index in [9.17, 15) is 0 Å². The first kappa shape index (κ1) is 20.1. The topological polar surface area (TPSA) is 55.8 Å². The van der Waals surface area contributed by atoms with Crippen LogP contribution in [0.5, 0.6) is 5.75 Å². The van der Waals surface area contributed by atoms with Crippen molar-refractivity contribution in [3.05, 3.63) is 90.0 Å². The van der Waals surface area contributed by atoms with E-state index >= 15 is 0 Å². The minimum absolute atomic E-state index is 0.0168. The monoisotopic (exact) mass is 426 g/mol. The van der Waals surface area contributed by atoms with Crippen LogP contribution >= 0.6 is 0 Å². The Morgan fingerprint density at radius 1 is 1.12 bits per heavy atom. The number of hydrogen-bond acceptors (Lipinski definition) is 5. The Bertz CT molecular complexity index is 1300. The summed E-state index contributed by atoms with van der Waals surface area (Å²) in [6, 6.07) is 18.6. The minimum atomic E-state index is 0.0168. The van der Waals surface area contributed by atoms with Crippen molar-refractivity contribution in [3.63, 3.8) is 0 Å². The molecule has 0 fully saturated rings. The van der Waals surface area contributed by atoms with Crippen molar-refractivity contribution in [3.8, 4) is 5.75 Å². The van der Waals surface area contributed by atoms with Crippen molar-refractivity contribution >= 4 is 22.9 Å². The van der Waals surface area contributed by atoms with Gasteiger partial charge in [-0.25, -0.2) is 0 Å². The molecule has 0 amide bonds. The molecule has 2 aromatic carbocycles. The van der Waals surface area contributed by atoms with Gasteiger partial charge in [0.1, 0.15) is 24.1 Å². The van der Waals surface area contributed by atoms with Crippen LogP contribution in [-0.4, -0.2) is 27.1 Å². The Labute approximate surface area is 187 Å². The summed E-state index contributed by atoms with van der Waals surface area (Å²) in [5.74, 6) is 0.832. The third kappa shape index (κ3) is 3.91. The van der Waals surface area contributed by atoms with E-state index in [-0.39, 0.29) is 12.2 Å². The molecule has 32 heavy (non-hydrogen) atoms. The second-order valence-electron chi connectivity index (χ2n) is 8.08. The van der Waals surface area contributed by atoms with Crippen molar-refractivity contribution in [2.75, 3.05) is 0 Å². The molecule has 0 radical (unpaired) electrons. The molecule has 0 bridgehead atoms. The van der Waals surface area contributed by atoms with Gasteiger partial charge in [0, 0.05) is 30.5 Å². The number of fused-ring (bicyclic) bond motifs is 1. The Morgan fingerprint density at radius 2 is 2.03 bits per heavy atom. The van der Waals surface area contributed by atoms with Gasteiger partial charge in [-0.15, -0.1) is 0 Å². The molecule has 2 unspecified atom stereocenters. The summed E-state index contributed by atoms with van der Waals surface area (Å²) < 4.78 is 13.3. The molecule has 2 atom stereocenters. The summed E-state index contributed by atoms with van der Waals surface area (Å²) in [6.45, 7) is 4.77. The number of nitrogens with zero attached hydrogens (tertiary/aromatic N) is 4. The maximum atomic E-state index is 6.01. The molecule has 0 aliphatic carbocycles. The van der Waals surface area contributed by atoms with Gasteiger partial charge in [0.25, 0.3) is 0 Å². The highest BCUT2D eigenvalue weighted by Gasteiger charge is 2.26. The van der Waals surface area contributed by atoms with Gasteiger partial charge in [-0.05, 0) is 73.5 Å². The zero-order chi connectivity index (χ0) is 22.1. The fraction of sp³-hybridized carbons (Fsp3) is 0.231. The van der Waals surface area contributed by atoms with E-state index in [1.807, 2.05) is 49.8 Å². The van der Waals surface area contributed by atoms with Crippen LogP contribution in [0.25, 0.3) is 16.7 Å². The fourth-order valence-electron chi connectivity index (χ4n) is 4.22. The molecule has 6 heteroatoms. The third-order valence-electron chi connectivity index (χ3n) is 5.88. The van der Waals surface area contributed by atoms with E-state index in [1.54, 1.807) is 10.9 Å². The molecule has 0 spiro atoms. The van der Waals surface area contributed by atoms with E-state index in [0.717, 1.165) is 33.7 Å². The van der Waals surface area contributed by atoms with Crippen LogP contribution in [-0.2, 0) is 13.7 Å². The fourth-order valence-corrected chi connectivity index (χ4v) is 4.22. The Hall–Kier alpha value is -3.80. The van der Waals surface area contributed by atoms with Gasteiger partial charge in [0.2, 0.25) is 0 Å². The van der Waals surface area contributed by atoms with Crippen LogP contribution in [0.3, 0.4) is 0 Å². The maximum Gasteiger partial charge on any atom is 0.133 e. The third-order valence-corrected chi connectivity index (χ3v) is 5.88. The molecule has 5 rings (SSSR count). The summed E-state index contributed by atoms with van der Waals surface area (Å²) in [5, 5.41) is 5.47. The molecular formula is C26H26N4O2. The van der Waals surface area contributed by atoms with E-state index in [0.29, 0.717) is 6.61 Å². The smallest absolute Gasteiger partial charge is 0.133 e. The number of aliphatic imine (C=N–C) groups is 1. The normalized spacial score (nSPS) is 16.9. The molecule has 0 saturated carbocycles. The van der Waals surface area contributed by atoms with Gasteiger partial charge < -0.3 is 14.1 Å². The molecule has 6 nitrogen and oxygen atoms in total. The lowest BCUT2D eigenvalue weighted by Gasteiger charge is -2.38. The lowest BCUT2D eigenvalue weighted by molar-refractivity contribution is 0.251. The molecule has 1 aliphatic heterocycles. The van der Waals surface area contributed by atoms with Gasteiger partial charge in [-0.1, -0.05) is 12.1 Å². The summed E-state index contributed by atoms with van der Waals surface area (Å²) in [6.07, 6.45) is 7.64. The van der Waals surface area contributed by atoms with Crippen LogP contribution in [0.1, 0.15) is 36.7 Å². The second kappa shape index (κ2) is 8.38. The molecule has 0 N–H and O–H groups in total. The highest BCUT2D eigenvalue weighted by atomic mass is 16.5. The van der Waals surface area contributed by atoms with Gasteiger partial charge in [0.05, 0.1) is 18.0 Å². The van der Waals surface area contributed by atoms with Gasteiger partial charge in [-0.3, -0.25) is 9.67 Å². The zero-order valence-electron chi connectivity index (χ0n) is 18.5. The predicted molar refractivity (Wildman–Crippen MR) is 126 cm³/mol. The van der Waals surface area contributed by atoms with Crippen LogP contribution in [0.15, 0.2) is 82.5 Å². The van der Waals surface area contributed by atoms with Crippen molar-refractivity contribution in [1.82, 2.24) is 14.7 Å². The molecule has 4 aromatic rings. The van der Waals surface area contributed by atoms with Crippen molar-refractivity contribution < 1.29 is 9.15 Å². The van der Waals surface area contributed by atoms with Gasteiger partial charge in [-0.2, -0.15) is 5.10 Å². The molecule has 162 valence electrons. The molecule has 0 saturated heterocycles. The molecule has 3 heterocycles. The number of rotatable bonds is 6. The largest absolute Gasteiger partial charge is 0.487 e. The van der Waals surface area contributed by atoms with Crippen molar-refractivity contribution in [1.29, 1.82) is 0 Å². The zero-order valence-corrected chi connectivity index (χ0v) is 18.5. The predicted octanol–water partition coefficient (Wildman–Crippen LogP) is 5.58. The first-order valence-electron chi connectivity index (χ1n) is 10.8. The average Bonchev–Trinajstić information content (AvgIpc) is 3.45. The number of aryl methyl sites for hydroxylation is 1. The average molecular weight is 427 g/mol. The quantitative estimate of drug-likeness (QED) is 0.404. The Kier molecular flexibility index (Phi) is 5.27. The molecule has 1 aliphatic rings. The lowest BCUT2D eigenvalue weighted by atomic mass is 10.0. The van der Waals surface area contributed by atoms with E-state index < -0.39 is 0 Å². The number of allylic oxidation sites excluding steroid dienone is 1. The number of aromatic nitrogens is 2. The van der Waals surface area contributed by atoms with Gasteiger partial charge >= 0.3 is 0 Å². The first-order chi connectivity index (χ1) is 15.6. The minimum Gasteiger partial charge on any atom is -0.487 e. The SMILES string of the molecule is CC1N=CC=C(c2ccc3occc3c2)N1C(C)c1cccc(OCc2ccn(C)n2)c1. The number of benzene rings is 2. The van der Waals surface area contributed by atoms with Gasteiger partial charge in [0.15, 0.2) is 0 Å². The van der Waals surface area contributed by atoms with Crippen LogP contribution in [0.4, 0.5) is 0 Å².